The van der Waals surface area contributed by atoms with Crippen LogP contribution in [0.1, 0.15) is 12.8 Å². The minimum Gasteiger partial charge on any atom is -0.338 e. The molecule has 0 radical (unpaired) electrons. The van der Waals surface area contributed by atoms with E-state index in [4.69, 9.17) is 0 Å². The van der Waals surface area contributed by atoms with Crippen LogP contribution in [0, 0.1) is 16.0 Å². The van der Waals surface area contributed by atoms with Gasteiger partial charge < -0.3 is 10.6 Å². The number of nitro benzene ring substituents is 1. The highest BCUT2D eigenvalue weighted by atomic mass is 16.6. The summed E-state index contributed by atoms with van der Waals surface area (Å²) in [4.78, 5) is 32.9. The lowest BCUT2D eigenvalue weighted by Gasteiger charge is -2.08. The number of carbonyl (C=O) groups is 2. The molecule has 0 saturated carbocycles. The molecule has 1 atom stereocenters. The van der Waals surface area contributed by atoms with Crippen molar-refractivity contribution in [1.82, 2.24) is 10.7 Å². The van der Waals surface area contributed by atoms with Crippen LogP contribution in [0.2, 0.25) is 0 Å². The first-order valence-corrected chi connectivity index (χ1v) is 6.68. The number of hydrogen-bond donors (Lipinski definition) is 3. The Labute approximate surface area is 125 Å². The summed E-state index contributed by atoms with van der Waals surface area (Å²) in [5.74, 6) is -0.366. The Balaban J connectivity index is 1.68. The van der Waals surface area contributed by atoms with Gasteiger partial charge in [0, 0.05) is 30.6 Å². The number of amides is 3. The SMILES string of the molecule is O=C(NCCCC1C=NNC1=O)Nc1ccc([N+](=O)[O-])cc1. The molecule has 1 unspecified atom stereocenters. The van der Waals surface area contributed by atoms with E-state index in [9.17, 15) is 19.7 Å². The number of benzene rings is 1. The van der Waals surface area contributed by atoms with Gasteiger partial charge in [0.1, 0.15) is 0 Å². The number of carbonyl (C=O) groups excluding carboxylic acids is 2. The van der Waals surface area contributed by atoms with Gasteiger partial charge in [-0.25, -0.2) is 10.2 Å². The summed E-state index contributed by atoms with van der Waals surface area (Å²) >= 11 is 0. The zero-order valence-electron chi connectivity index (χ0n) is 11.6. The van der Waals surface area contributed by atoms with Crippen molar-refractivity contribution < 1.29 is 14.5 Å². The number of non-ortho nitro benzene ring substituents is 1. The molecule has 0 spiro atoms. The van der Waals surface area contributed by atoms with Gasteiger partial charge in [-0.3, -0.25) is 14.9 Å². The second-order valence-electron chi connectivity index (χ2n) is 4.69. The fourth-order valence-electron chi connectivity index (χ4n) is 1.91. The maximum atomic E-state index is 11.6. The Hall–Kier alpha value is -2.97. The predicted molar refractivity (Wildman–Crippen MR) is 79.5 cm³/mol. The van der Waals surface area contributed by atoms with Crippen molar-refractivity contribution in [3.05, 3.63) is 34.4 Å². The lowest BCUT2D eigenvalue weighted by molar-refractivity contribution is -0.384. The molecule has 0 bridgehead atoms. The molecular formula is C13H15N5O4. The van der Waals surface area contributed by atoms with Crippen LogP contribution in [-0.4, -0.2) is 29.6 Å². The van der Waals surface area contributed by atoms with Gasteiger partial charge in [-0.2, -0.15) is 5.10 Å². The topological polar surface area (TPSA) is 126 Å². The molecule has 3 N–H and O–H groups in total. The van der Waals surface area contributed by atoms with Crippen molar-refractivity contribution in [3.63, 3.8) is 0 Å². The molecule has 1 aromatic carbocycles. The van der Waals surface area contributed by atoms with Gasteiger partial charge in [0.25, 0.3) is 5.69 Å². The molecule has 2 rings (SSSR count). The maximum absolute atomic E-state index is 11.6. The van der Waals surface area contributed by atoms with Crippen LogP contribution in [-0.2, 0) is 4.79 Å². The van der Waals surface area contributed by atoms with Gasteiger partial charge in [0.05, 0.1) is 10.8 Å². The van der Waals surface area contributed by atoms with Gasteiger partial charge in [0.15, 0.2) is 0 Å². The highest BCUT2D eigenvalue weighted by Gasteiger charge is 2.19. The van der Waals surface area contributed by atoms with E-state index in [1.807, 2.05) is 0 Å². The Morgan fingerprint density at radius 3 is 2.68 bits per heavy atom. The van der Waals surface area contributed by atoms with Crippen LogP contribution >= 0.6 is 0 Å². The van der Waals surface area contributed by atoms with E-state index in [1.165, 1.54) is 24.3 Å². The fourth-order valence-corrected chi connectivity index (χ4v) is 1.91. The number of nitrogens with one attached hydrogen (secondary N) is 3. The number of hydrazone groups is 1. The van der Waals surface area contributed by atoms with E-state index in [2.05, 4.69) is 21.2 Å². The number of nitrogens with zero attached hydrogens (tertiary/aromatic N) is 2. The summed E-state index contributed by atoms with van der Waals surface area (Å²) in [5, 5.41) is 19.4. The summed E-state index contributed by atoms with van der Waals surface area (Å²) < 4.78 is 0. The Morgan fingerprint density at radius 2 is 2.09 bits per heavy atom. The van der Waals surface area contributed by atoms with Gasteiger partial charge in [0.2, 0.25) is 5.91 Å². The highest BCUT2D eigenvalue weighted by Crippen LogP contribution is 2.15. The van der Waals surface area contributed by atoms with Gasteiger partial charge in [-0.1, -0.05) is 0 Å². The first-order chi connectivity index (χ1) is 10.6. The molecule has 1 aromatic rings. The first-order valence-electron chi connectivity index (χ1n) is 6.68. The van der Waals surface area contributed by atoms with E-state index in [-0.39, 0.29) is 17.5 Å². The van der Waals surface area contributed by atoms with E-state index in [0.29, 0.717) is 25.1 Å². The zero-order chi connectivity index (χ0) is 15.9. The second-order valence-corrected chi connectivity index (χ2v) is 4.69. The maximum Gasteiger partial charge on any atom is 0.319 e. The normalized spacial score (nSPS) is 16.2. The molecule has 0 aliphatic carbocycles. The summed E-state index contributed by atoms with van der Waals surface area (Å²) in [6.45, 7) is 0.413. The standard InChI is InChI=1S/C13H15N5O4/c19-12-9(8-15-17-12)2-1-7-14-13(20)16-10-3-5-11(6-4-10)18(21)22/h3-6,8-9H,1-2,7H2,(H,17,19)(H2,14,16,20). The van der Waals surface area contributed by atoms with Crippen LogP contribution in [0.15, 0.2) is 29.4 Å². The van der Waals surface area contributed by atoms with E-state index >= 15 is 0 Å². The molecule has 116 valence electrons. The molecule has 22 heavy (non-hydrogen) atoms. The van der Waals surface area contributed by atoms with Gasteiger partial charge in [-0.05, 0) is 25.0 Å². The molecule has 0 fully saturated rings. The molecule has 1 aliphatic rings. The zero-order valence-corrected chi connectivity index (χ0v) is 11.6. The summed E-state index contributed by atoms with van der Waals surface area (Å²) in [5.41, 5.74) is 2.77. The molecule has 3 amide bonds. The average Bonchev–Trinajstić information content (AvgIpc) is 2.89. The Morgan fingerprint density at radius 1 is 1.36 bits per heavy atom. The smallest absolute Gasteiger partial charge is 0.319 e. The largest absolute Gasteiger partial charge is 0.338 e. The quantitative estimate of drug-likeness (QED) is 0.415. The highest BCUT2D eigenvalue weighted by molar-refractivity contribution is 5.97. The number of rotatable bonds is 6. The van der Waals surface area contributed by atoms with E-state index < -0.39 is 11.0 Å². The van der Waals surface area contributed by atoms with Crippen LogP contribution in [0.4, 0.5) is 16.2 Å². The summed E-state index contributed by atoms with van der Waals surface area (Å²) in [6, 6.07) is 5.13. The van der Waals surface area contributed by atoms with Crippen molar-refractivity contribution in [2.75, 3.05) is 11.9 Å². The molecule has 1 aliphatic heterocycles. The van der Waals surface area contributed by atoms with Crippen LogP contribution in [0.5, 0.6) is 0 Å². The van der Waals surface area contributed by atoms with Crippen molar-refractivity contribution in [2.24, 2.45) is 11.0 Å². The fraction of sp³-hybridized carbons (Fsp3) is 0.308. The number of hydrogen-bond acceptors (Lipinski definition) is 5. The molecule has 9 heteroatoms. The molecule has 1 heterocycles. The molecule has 0 saturated heterocycles. The van der Waals surface area contributed by atoms with E-state index in [0.717, 1.165) is 0 Å². The predicted octanol–water partition coefficient (Wildman–Crippen LogP) is 1.23. The van der Waals surface area contributed by atoms with Crippen LogP contribution < -0.4 is 16.1 Å². The van der Waals surface area contributed by atoms with Crippen molar-refractivity contribution in [2.45, 2.75) is 12.8 Å². The third-order valence-corrected chi connectivity index (χ3v) is 3.08. The van der Waals surface area contributed by atoms with Gasteiger partial charge >= 0.3 is 6.03 Å². The minimum atomic E-state index is -0.508. The van der Waals surface area contributed by atoms with Crippen molar-refractivity contribution in [1.29, 1.82) is 0 Å². The molecule has 9 nitrogen and oxygen atoms in total. The molecular weight excluding hydrogens is 290 g/mol. The van der Waals surface area contributed by atoms with Crippen LogP contribution in [0.3, 0.4) is 0 Å². The van der Waals surface area contributed by atoms with Crippen LogP contribution in [0.25, 0.3) is 0 Å². The third-order valence-electron chi connectivity index (χ3n) is 3.08. The molecule has 0 aromatic heterocycles. The monoisotopic (exact) mass is 305 g/mol. The number of urea groups is 1. The lowest BCUT2D eigenvalue weighted by atomic mass is 10.1. The number of nitro groups is 1. The van der Waals surface area contributed by atoms with Gasteiger partial charge in [-0.15, -0.1) is 0 Å². The Kier molecular flexibility index (Phi) is 5.02. The number of anilines is 1. The third kappa shape index (κ3) is 4.27. The summed E-state index contributed by atoms with van der Waals surface area (Å²) in [6.07, 6.45) is 2.80. The lowest BCUT2D eigenvalue weighted by Crippen LogP contribution is -2.30. The Bertz CT molecular complexity index is 599. The van der Waals surface area contributed by atoms with E-state index in [1.54, 1.807) is 6.21 Å². The van der Waals surface area contributed by atoms with Crippen molar-refractivity contribution >= 4 is 29.5 Å². The first kappa shape index (κ1) is 15.4. The minimum absolute atomic E-state index is 0.0394. The second kappa shape index (κ2) is 7.16. The van der Waals surface area contributed by atoms with Crippen molar-refractivity contribution in [3.8, 4) is 0 Å². The average molecular weight is 305 g/mol. The summed E-state index contributed by atoms with van der Waals surface area (Å²) in [7, 11) is 0.